The Morgan fingerprint density at radius 2 is 1.88 bits per heavy atom. The van der Waals surface area contributed by atoms with Gasteiger partial charge >= 0.3 is 11.8 Å². The van der Waals surface area contributed by atoms with Crippen molar-refractivity contribution in [3.05, 3.63) is 79.6 Å². The number of methoxy groups -OCH3 is 1. The van der Waals surface area contributed by atoms with Gasteiger partial charge in [0, 0.05) is 36.0 Å². The molecule has 10 nitrogen and oxygen atoms in total. The number of carbonyl (C=O) groups is 2. The molecule has 0 saturated carbocycles. The quantitative estimate of drug-likeness (QED) is 0.281. The summed E-state index contributed by atoms with van der Waals surface area (Å²) < 4.78 is 21.3. The number of ketones is 1. The van der Waals surface area contributed by atoms with Crippen LogP contribution >= 0.6 is 23.2 Å². The lowest BCUT2D eigenvalue weighted by molar-refractivity contribution is 0.0435. The second-order valence-corrected chi connectivity index (χ2v) is 7.62. The third-order valence-corrected chi connectivity index (χ3v) is 5.42. The first kappa shape index (κ1) is 22.6. The highest BCUT2D eigenvalue weighted by Gasteiger charge is 2.22. The van der Waals surface area contributed by atoms with Gasteiger partial charge in [-0.2, -0.15) is 9.61 Å². The molecule has 0 amide bonds. The monoisotopic (exact) mass is 491 g/mol. The SMILES string of the molecule is COc1ccc(C(=O)Cc2c(Cl)cncc2Cl)c2cc(C(=O)OCc3oc(=O)oc3C)nn12. The van der Waals surface area contributed by atoms with Crippen LogP contribution in [0.5, 0.6) is 5.88 Å². The molecule has 170 valence electrons. The summed E-state index contributed by atoms with van der Waals surface area (Å²) >= 11 is 12.3. The number of halogens is 2. The number of hydrogen-bond donors (Lipinski definition) is 0. The standard InChI is InChI=1S/C21H15Cl2N3O7/c1-10-18(33-21(29)32-10)9-31-20(28)15-6-16-11(3-4-19(30-2)26(16)25-15)17(27)5-12-13(22)7-24-8-14(12)23/h3-4,6-8H,5,9H2,1-2H3. The fraction of sp³-hybridized carbons (Fsp3) is 0.190. The predicted molar refractivity (Wildman–Crippen MR) is 115 cm³/mol. The Balaban J connectivity index is 1.65. The van der Waals surface area contributed by atoms with E-state index in [1.54, 1.807) is 12.1 Å². The molecule has 0 aromatic carbocycles. The van der Waals surface area contributed by atoms with Gasteiger partial charge in [0.05, 0.1) is 22.7 Å². The van der Waals surface area contributed by atoms with Crippen molar-refractivity contribution in [3.8, 4) is 5.88 Å². The lowest BCUT2D eigenvalue weighted by atomic mass is 10.0. The first-order valence-electron chi connectivity index (χ1n) is 9.43. The Kier molecular flexibility index (Phi) is 6.21. The molecule has 12 heteroatoms. The molecule has 0 N–H and O–H groups in total. The topological polar surface area (TPSA) is 126 Å². The Bertz CT molecular complexity index is 1420. The maximum absolute atomic E-state index is 13.1. The summed E-state index contributed by atoms with van der Waals surface area (Å²) in [6.45, 7) is 1.18. The lowest BCUT2D eigenvalue weighted by Crippen LogP contribution is -2.08. The van der Waals surface area contributed by atoms with Crippen molar-refractivity contribution < 1.29 is 27.9 Å². The Morgan fingerprint density at radius 3 is 2.52 bits per heavy atom. The normalized spacial score (nSPS) is 11.0. The predicted octanol–water partition coefficient (Wildman–Crippen LogP) is 3.68. The van der Waals surface area contributed by atoms with Crippen LogP contribution in [0.15, 0.2) is 44.2 Å². The van der Waals surface area contributed by atoms with Crippen molar-refractivity contribution in [2.24, 2.45) is 0 Å². The van der Waals surface area contributed by atoms with Crippen LogP contribution < -0.4 is 10.6 Å². The van der Waals surface area contributed by atoms with Gasteiger partial charge in [-0.1, -0.05) is 23.2 Å². The first-order valence-corrected chi connectivity index (χ1v) is 10.2. The van der Waals surface area contributed by atoms with Crippen LogP contribution in [0.25, 0.3) is 5.52 Å². The van der Waals surface area contributed by atoms with Gasteiger partial charge in [0.15, 0.2) is 29.6 Å². The summed E-state index contributed by atoms with van der Waals surface area (Å²) in [5, 5.41) is 4.72. The number of aromatic nitrogens is 3. The number of aryl methyl sites for hydroxylation is 1. The largest absolute Gasteiger partial charge is 0.519 e. The van der Waals surface area contributed by atoms with Gasteiger partial charge in [0.25, 0.3) is 0 Å². The van der Waals surface area contributed by atoms with Crippen LogP contribution in [-0.2, 0) is 17.8 Å². The van der Waals surface area contributed by atoms with Gasteiger partial charge in [-0.15, -0.1) is 0 Å². The number of Topliss-reactive ketones (excluding diaryl/α,β-unsaturated/α-hetero) is 1. The van der Waals surface area contributed by atoms with Gasteiger partial charge in [-0.05, 0) is 19.1 Å². The van der Waals surface area contributed by atoms with Crippen LogP contribution in [0.2, 0.25) is 10.0 Å². The van der Waals surface area contributed by atoms with Crippen molar-refractivity contribution in [1.29, 1.82) is 0 Å². The van der Waals surface area contributed by atoms with Gasteiger partial charge in [0.1, 0.15) is 0 Å². The van der Waals surface area contributed by atoms with Gasteiger partial charge in [0.2, 0.25) is 5.88 Å². The first-order chi connectivity index (χ1) is 15.8. The molecule has 0 saturated heterocycles. The fourth-order valence-corrected chi connectivity index (χ4v) is 3.61. The molecule has 0 aliphatic carbocycles. The third kappa shape index (κ3) is 4.48. The molecule has 4 rings (SSSR count). The zero-order valence-electron chi connectivity index (χ0n) is 17.3. The summed E-state index contributed by atoms with van der Waals surface area (Å²) in [5.74, 6) is -1.44. The molecule has 0 fully saturated rings. The Morgan fingerprint density at radius 1 is 1.15 bits per heavy atom. The number of rotatable bonds is 7. The van der Waals surface area contributed by atoms with Crippen molar-refractivity contribution in [2.75, 3.05) is 7.11 Å². The van der Waals surface area contributed by atoms with E-state index < -0.39 is 11.8 Å². The highest BCUT2D eigenvalue weighted by atomic mass is 35.5. The molecule has 0 radical (unpaired) electrons. The summed E-state index contributed by atoms with van der Waals surface area (Å²) in [6, 6.07) is 4.49. The zero-order valence-corrected chi connectivity index (χ0v) is 18.8. The smallest absolute Gasteiger partial charge is 0.481 e. The van der Waals surface area contributed by atoms with Crippen molar-refractivity contribution in [2.45, 2.75) is 20.0 Å². The second kappa shape index (κ2) is 9.08. The molecule has 33 heavy (non-hydrogen) atoms. The summed E-state index contributed by atoms with van der Waals surface area (Å²) in [5.41, 5.74) is 0.932. The molecular weight excluding hydrogens is 477 g/mol. The minimum Gasteiger partial charge on any atom is -0.481 e. The van der Waals surface area contributed by atoms with Gasteiger partial charge in [-0.25, -0.2) is 9.59 Å². The van der Waals surface area contributed by atoms with E-state index in [0.717, 1.165) is 0 Å². The van der Waals surface area contributed by atoms with Crippen LogP contribution in [0, 0.1) is 6.92 Å². The molecule has 4 aromatic heterocycles. The number of pyridine rings is 2. The third-order valence-electron chi connectivity index (χ3n) is 4.76. The van der Waals surface area contributed by atoms with Crippen LogP contribution in [0.4, 0.5) is 0 Å². The maximum atomic E-state index is 13.1. The average molecular weight is 492 g/mol. The highest BCUT2D eigenvalue weighted by molar-refractivity contribution is 6.36. The molecule has 0 bridgehead atoms. The number of fused-ring (bicyclic) bond motifs is 1. The Labute approximate surface area is 195 Å². The lowest BCUT2D eigenvalue weighted by Gasteiger charge is -2.09. The second-order valence-electron chi connectivity index (χ2n) is 6.81. The number of carbonyl (C=O) groups excluding carboxylic acids is 2. The van der Waals surface area contributed by atoms with E-state index in [4.69, 9.17) is 41.5 Å². The summed E-state index contributed by atoms with van der Waals surface area (Å²) in [7, 11) is 1.43. The van der Waals surface area contributed by atoms with E-state index in [1.807, 2.05) is 0 Å². The van der Waals surface area contributed by atoms with Gasteiger partial charge < -0.3 is 18.3 Å². The molecular formula is C21H15Cl2N3O7. The number of esters is 1. The minimum absolute atomic E-state index is 0.0802. The number of nitrogens with zero attached hydrogens (tertiary/aromatic N) is 3. The van der Waals surface area contributed by atoms with Crippen molar-refractivity contribution >= 4 is 40.5 Å². The van der Waals surface area contributed by atoms with Crippen LogP contribution in [-0.4, -0.2) is 33.5 Å². The molecule has 4 aromatic rings. The molecule has 4 heterocycles. The zero-order chi connectivity index (χ0) is 23.7. The molecule has 0 aliphatic rings. The van der Waals surface area contributed by atoms with E-state index in [1.165, 1.54) is 37.0 Å². The molecule has 0 atom stereocenters. The van der Waals surface area contributed by atoms with Crippen molar-refractivity contribution in [1.82, 2.24) is 14.6 Å². The van der Waals surface area contributed by atoms with Gasteiger partial charge in [-0.3, -0.25) is 9.78 Å². The van der Waals surface area contributed by atoms with Crippen LogP contribution in [0.1, 0.15) is 37.9 Å². The molecule has 0 unspecified atom stereocenters. The minimum atomic E-state index is -0.895. The van der Waals surface area contributed by atoms with Crippen molar-refractivity contribution in [3.63, 3.8) is 0 Å². The summed E-state index contributed by atoms with van der Waals surface area (Å²) in [4.78, 5) is 40.6. The van der Waals surface area contributed by atoms with E-state index in [9.17, 15) is 14.4 Å². The average Bonchev–Trinajstić information content (AvgIpc) is 3.36. The van der Waals surface area contributed by atoms with E-state index >= 15 is 0 Å². The highest BCUT2D eigenvalue weighted by Crippen LogP contribution is 2.27. The molecule has 0 aliphatic heterocycles. The Hall–Kier alpha value is -3.63. The van der Waals surface area contributed by atoms with E-state index in [-0.39, 0.29) is 57.5 Å². The summed E-state index contributed by atoms with van der Waals surface area (Å²) in [6.07, 6.45) is 2.71. The van der Waals surface area contributed by atoms with E-state index in [0.29, 0.717) is 11.1 Å². The molecule has 0 spiro atoms. The van der Waals surface area contributed by atoms with Crippen LogP contribution in [0.3, 0.4) is 0 Å². The maximum Gasteiger partial charge on any atom is 0.519 e. The number of ether oxygens (including phenoxy) is 2. The number of hydrogen-bond acceptors (Lipinski definition) is 9. The fourth-order valence-electron chi connectivity index (χ4n) is 3.12. The van der Waals surface area contributed by atoms with E-state index in [2.05, 4.69) is 10.1 Å².